The van der Waals surface area contributed by atoms with Crippen molar-refractivity contribution in [3.63, 3.8) is 0 Å². The number of hydrogen-bond donors (Lipinski definition) is 1. The smallest absolute Gasteiger partial charge is 0.399 e. The van der Waals surface area contributed by atoms with E-state index in [-0.39, 0.29) is 17.0 Å². The predicted octanol–water partition coefficient (Wildman–Crippen LogP) is 1.10. The Morgan fingerprint density at radius 1 is 1.00 bits per heavy atom. The first kappa shape index (κ1) is 14.6. The molecule has 2 rings (SSSR count). The summed E-state index contributed by atoms with van der Waals surface area (Å²) in [5, 5.41) is 0. The lowest BCUT2D eigenvalue weighted by Gasteiger charge is -2.32. The molecule has 6 heteroatoms. The molecule has 0 aromatic heterocycles. The van der Waals surface area contributed by atoms with Crippen LogP contribution in [-0.4, -0.2) is 26.7 Å². The van der Waals surface area contributed by atoms with Crippen LogP contribution >= 0.6 is 0 Å². The maximum Gasteiger partial charge on any atom is 0.494 e. The second-order valence-electron chi connectivity index (χ2n) is 5.82. The van der Waals surface area contributed by atoms with Crippen molar-refractivity contribution in [1.82, 2.24) is 0 Å². The van der Waals surface area contributed by atoms with Crippen LogP contribution in [0.4, 0.5) is 0 Å². The molecule has 1 fully saturated rings. The van der Waals surface area contributed by atoms with E-state index in [9.17, 15) is 8.42 Å². The zero-order valence-electron chi connectivity index (χ0n) is 11.7. The zero-order valence-corrected chi connectivity index (χ0v) is 12.6. The Morgan fingerprint density at radius 2 is 1.47 bits per heavy atom. The van der Waals surface area contributed by atoms with Crippen LogP contribution in [0.2, 0.25) is 0 Å². The van der Waals surface area contributed by atoms with E-state index in [4.69, 9.17) is 9.31 Å². The number of hydrogen-bond acceptors (Lipinski definition) is 4. The molecule has 1 aromatic rings. The van der Waals surface area contributed by atoms with Crippen molar-refractivity contribution in [2.24, 2.45) is 0 Å². The highest BCUT2D eigenvalue weighted by atomic mass is 32.2. The maximum absolute atomic E-state index is 10.7. The second-order valence-corrected chi connectivity index (χ2v) is 6.80. The molecule has 0 saturated carbocycles. The van der Waals surface area contributed by atoms with Gasteiger partial charge >= 0.3 is 7.12 Å². The summed E-state index contributed by atoms with van der Waals surface area (Å²) >= 11 is 0. The topological polar surface area (TPSA) is 52.6 Å². The van der Waals surface area contributed by atoms with Gasteiger partial charge in [-0.25, -0.2) is 8.42 Å². The van der Waals surface area contributed by atoms with E-state index in [1.165, 1.54) is 0 Å². The molecule has 0 N–H and O–H groups in total. The molecular weight excluding hydrogens is 263 g/mol. The van der Waals surface area contributed by atoms with Gasteiger partial charge in [-0.3, -0.25) is 0 Å². The van der Waals surface area contributed by atoms with Crippen molar-refractivity contribution in [2.45, 2.75) is 44.6 Å². The van der Waals surface area contributed by atoms with Crippen LogP contribution in [0, 0.1) is 0 Å². The first-order valence-electron chi connectivity index (χ1n) is 6.27. The fourth-order valence-corrected chi connectivity index (χ4v) is 2.42. The summed E-state index contributed by atoms with van der Waals surface area (Å²) < 4.78 is 33.2. The van der Waals surface area contributed by atoms with Gasteiger partial charge in [0.05, 0.1) is 17.0 Å². The van der Waals surface area contributed by atoms with Gasteiger partial charge in [0.2, 0.25) is 0 Å². The third-order valence-corrected chi connectivity index (χ3v) is 4.44. The zero-order chi connectivity index (χ0) is 14.3. The minimum atomic E-state index is -2.39. The lowest BCUT2D eigenvalue weighted by Crippen LogP contribution is -2.41. The molecular formula is C13H19BO4S. The van der Waals surface area contributed by atoms with Gasteiger partial charge in [-0.1, -0.05) is 24.3 Å². The van der Waals surface area contributed by atoms with Gasteiger partial charge in [0.25, 0.3) is 0 Å². The van der Waals surface area contributed by atoms with E-state index in [0.29, 0.717) is 0 Å². The van der Waals surface area contributed by atoms with E-state index in [1.807, 2.05) is 39.8 Å². The van der Waals surface area contributed by atoms with Gasteiger partial charge in [0.1, 0.15) is 10.7 Å². The van der Waals surface area contributed by atoms with Crippen LogP contribution in [0.15, 0.2) is 24.3 Å². The largest absolute Gasteiger partial charge is 0.494 e. The van der Waals surface area contributed by atoms with Crippen LogP contribution in [0.25, 0.3) is 0 Å². The summed E-state index contributed by atoms with van der Waals surface area (Å²) in [7, 11) is -2.79. The van der Waals surface area contributed by atoms with Crippen LogP contribution in [0.5, 0.6) is 0 Å². The van der Waals surface area contributed by atoms with Gasteiger partial charge in [-0.15, -0.1) is 0 Å². The molecule has 0 aliphatic carbocycles. The quantitative estimate of drug-likeness (QED) is 0.666. The maximum atomic E-state index is 10.7. The Morgan fingerprint density at radius 3 is 1.89 bits per heavy atom. The molecule has 0 bridgehead atoms. The summed E-state index contributed by atoms with van der Waals surface area (Å²) in [6, 6.07) is 7.31. The SMILES string of the molecule is CC1(C)OB(c2ccc(C[SH](=O)=O)cc2)OC1(C)C. The Kier molecular flexibility index (Phi) is 3.77. The van der Waals surface area contributed by atoms with Crippen LogP contribution in [-0.2, 0) is 25.8 Å². The van der Waals surface area contributed by atoms with E-state index in [1.54, 1.807) is 12.1 Å². The monoisotopic (exact) mass is 282 g/mol. The fourth-order valence-electron chi connectivity index (χ4n) is 1.91. The van der Waals surface area contributed by atoms with E-state index >= 15 is 0 Å². The number of rotatable bonds is 3. The van der Waals surface area contributed by atoms with E-state index in [0.717, 1.165) is 11.0 Å². The minimum Gasteiger partial charge on any atom is -0.399 e. The number of benzene rings is 1. The van der Waals surface area contributed by atoms with Crippen molar-refractivity contribution >= 4 is 23.3 Å². The summed E-state index contributed by atoms with van der Waals surface area (Å²) in [6.45, 7) is 8.01. The van der Waals surface area contributed by atoms with E-state index < -0.39 is 17.8 Å². The average Bonchev–Trinajstić information content (AvgIpc) is 2.48. The Hall–Kier alpha value is -0.845. The lowest BCUT2D eigenvalue weighted by molar-refractivity contribution is 0.00578. The van der Waals surface area contributed by atoms with E-state index in [2.05, 4.69) is 0 Å². The fraction of sp³-hybridized carbons (Fsp3) is 0.538. The van der Waals surface area contributed by atoms with Crippen molar-refractivity contribution in [2.75, 3.05) is 0 Å². The third kappa shape index (κ3) is 3.01. The first-order chi connectivity index (χ1) is 8.71. The molecule has 0 atom stereocenters. The summed E-state index contributed by atoms with van der Waals surface area (Å²) in [6.07, 6.45) is 0. The molecule has 0 unspecified atom stereocenters. The molecule has 104 valence electrons. The van der Waals surface area contributed by atoms with Crippen LogP contribution in [0.3, 0.4) is 0 Å². The molecule has 1 saturated heterocycles. The van der Waals surface area contributed by atoms with Crippen molar-refractivity contribution in [3.05, 3.63) is 29.8 Å². The number of thiol groups is 1. The molecule has 1 heterocycles. The molecule has 19 heavy (non-hydrogen) atoms. The molecule has 1 aromatic carbocycles. The van der Waals surface area contributed by atoms with Gasteiger partial charge in [-0.05, 0) is 38.7 Å². The van der Waals surface area contributed by atoms with Crippen molar-refractivity contribution in [1.29, 1.82) is 0 Å². The molecule has 1 aliphatic heterocycles. The highest BCUT2D eigenvalue weighted by molar-refractivity contribution is 7.71. The molecule has 0 spiro atoms. The Labute approximate surface area is 116 Å². The molecule has 0 amide bonds. The first-order valence-corrected chi connectivity index (χ1v) is 7.64. The second kappa shape index (κ2) is 4.92. The highest BCUT2D eigenvalue weighted by Gasteiger charge is 2.51. The standard InChI is InChI=1S/C13H19BO4S/c1-12(2)13(3,4)18-14(17-12)11-7-5-10(6-8-11)9-19(15)16/h5-8,19H,9H2,1-4H3. The summed E-state index contributed by atoms with van der Waals surface area (Å²) in [5.74, 6) is 0.0684. The molecule has 0 radical (unpaired) electrons. The van der Waals surface area contributed by atoms with Gasteiger partial charge in [0, 0.05) is 0 Å². The molecule has 4 nitrogen and oxygen atoms in total. The average molecular weight is 282 g/mol. The van der Waals surface area contributed by atoms with Gasteiger partial charge in [-0.2, -0.15) is 0 Å². The third-order valence-electron chi connectivity index (χ3n) is 3.82. The summed E-state index contributed by atoms with van der Waals surface area (Å²) in [4.78, 5) is 0. The van der Waals surface area contributed by atoms with Gasteiger partial charge in [0.15, 0.2) is 0 Å². The van der Waals surface area contributed by atoms with Crippen LogP contribution < -0.4 is 5.46 Å². The lowest BCUT2D eigenvalue weighted by atomic mass is 9.79. The minimum absolute atomic E-state index is 0.0684. The summed E-state index contributed by atoms with van der Waals surface area (Å²) in [5.41, 5.74) is 0.948. The van der Waals surface area contributed by atoms with Crippen LogP contribution in [0.1, 0.15) is 33.3 Å². The van der Waals surface area contributed by atoms with Crippen molar-refractivity contribution < 1.29 is 17.7 Å². The van der Waals surface area contributed by atoms with Gasteiger partial charge < -0.3 is 9.31 Å². The molecule has 1 aliphatic rings. The Bertz CT molecular complexity index is 510. The highest BCUT2D eigenvalue weighted by Crippen LogP contribution is 2.36. The Balaban J connectivity index is 2.16. The van der Waals surface area contributed by atoms with Crippen molar-refractivity contribution in [3.8, 4) is 0 Å². The predicted molar refractivity (Wildman–Crippen MR) is 76.2 cm³/mol. The normalized spacial score (nSPS) is 21.0.